The Labute approximate surface area is 197 Å². The van der Waals surface area contributed by atoms with Gasteiger partial charge in [-0.05, 0) is 42.5 Å². The molecule has 3 aromatic carbocycles. The molecule has 34 heavy (non-hydrogen) atoms. The molecular weight excluding hydrogens is 434 g/mol. The summed E-state index contributed by atoms with van der Waals surface area (Å²) in [5.74, 6) is 1.90. The van der Waals surface area contributed by atoms with E-state index in [1.54, 1.807) is 69.6 Å². The summed E-state index contributed by atoms with van der Waals surface area (Å²) in [6.07, 6.45) is 1.71. The molecule has 0 fully saturated rings. The van der Waals surface area contributed by atoms with Crippen LogP contribution in [0.25, 0.3) is 16.9 Å². The number of carbonyl (C=O) groups excluding carboxylic acids is 1. The highest BCUT2D eigenvalue weighted by molar-refractivity contribution is 6.08. The van der Waals surface area contributed by atoms with Crippen molar-refractivity contribution in [3.8, 4) is 39.9 Å². The van der Waals surface area contributed by atoms with Gasteiger partial charge >= 0.3 is 0 Å². The molecule has 0 radical (unpaired) electrons. The summed E-state index contributed by atoms with van der Waals surface area (Å²) >= 11 is 0. The lowest BCUT2D eigenvalue weighted by Gasteiger charge is -2.11. The van der Waals surface area contributed by atoms with Crippen LogP contribution in [0.5, 0.6) is 23.0 Å². The van der Waals surface area contributed by atoms with Crippen LogP contribution in [-0.4, -0.2) is 44.1 Å². The summed E-state index contributed by atoms with van der Waals surface area (Å²) in [5.41, 5.74) is 3.00. The minimum atomic E-state index is -0.320. The van der Waals surface area contributed by atoms with E-state index in [-0.39, 0.29) is 5.91 Å². The van der Waals surface area contributed by atoms with Gasteiger partial charge < -0.3 is 24.3 Å². The molecule has 174 valence electrons. The third-order valence-electron chi connectivity index (χ3n) is 5.28. The summed E-state index contributed by atoms with van der Waals surface area (Å²) in [6, 6.07) is 20.2. The Morgan fingerprint density at radius 1 is 0.765 bits per heavy atom. The number of ether oxygens (including phenoxy) is 4. The summed E-state index contributed by atoms with van der Waals surface area (Å²) < 4.78 is 23.1. The number of rotatable bonds is 8. The Morgan fingerprint density at radius 3 is 2.03 bits per heavy atom. The molecule has 0 saturated carbocycles. The van der Waals surface area contributed by atoms with Crippen molar-refractivity contribution in [3.05, 3.63) is 78.5 Å². The fourth-order valence-electron chi connectivity index (χ4n) is 3.56. The number of benzene rings is 3. The van der Waals surface area contributed by atoms with Gasteiger partial charge in [0.1, 0.15) is 5.69 Å². The number of amides is 1. The second-order valence-electron chi connectivity index (χ2n) is 7.27. The van der Waals surface area contributed by atoms with Gasteiger partial charge in [0.15, 0.2) is 23.0 Å². The highest BCUT2D eigenvalue weighted by atomic mass is 16.5. The van der Waals surface area contributed by atoms with Crippen molar-refractivity contribution in [2.75, 3.05) is 33.8 Å². The Kier molecular flexibility index (Phi) is 6.68. The molecule has 4 rings (SSSR count). The van der Waals surface area contributed by atoms with E-state index in [1.165, 1.54) is 0 Å². The van der Waals surface area contributed by atoms with Gasteiger partial charge in [-0.1, -0.05) is 18.2 Å². The lowest BCUT2D eigenvalue weighted by atomic mass is 10.1. The number of para-hydroxylation sites is 1. The Balaban J connectivity index is 1.76. The fraction of sp³-hybridized carbons (Fsp3) is 0.154. The van der Waals surface area contributed by atoms with E-state index in [9.17, 15) is 4.79 Å². The number of anilines is 1. The van der Waals surface area contributed by atoms with Crippen LogP contribution in [0.3, 0.4) is 0 Å². The van der Waals surface area contributed by atoms with Gasteiger partial charge in [0, 0.05) is 23.5 Å². The number of aromatic nitrogens is 2. The van der Waals surface area contributed by atoms with Crippen LogP contribution in [-0.2, 0) is 0 Å². The monoisotopic (exact) mass is 459 g/mol. The molecule has 0 aliphatic heterocycles. The normalized spacial score (nSPS) is 10.5. The molecule has 0 spiro atoms. The molecule has 0 aliphatic rings. The first-order chi connectivity index (χ1) is 16.6. The number of hydrogen-bond acceptors (Lipinski definition) is 6. The molecule has 8 nitrogen and oxygen atoms in total. The number of methoxy groups -OCH3 is 4. The van der Waals surface area contributed by atoms with Gasteiger partial charge in [-0.25, -0.2) is 4.68 Å². The van der Waals surface area contributed by atoms with E-state index in [4.69, 9.17) is 24.0 Å². The van der Waals surface area contributed by atoms with Crippen LogP contribution in [0, 0.1) is 0 Å². The predicted octanol–water partition coefficient (Wildman–Crippen LogP) is 4.83. The minimum Gasteiger partial charge on any atom is -0.493 e. The quantitative estimate of drug-likeness (QED) is 0.407. The van der Waals surface area contributed by atoms with Crippen molar-refractivity contribution in [1.29, 1.82) is 0 Å². The zero-order valence-corrected chi connectivity index (χ0v) is 19.4. The molecule has 0 aliphatic carbocycles. The third kappa shape index (κ3) is 4.52. The molecule has 1 N–H and O–H groups in total. The zero-order chi connectivity index (χ0) is 24.1. The van der Waals surface area contributed by atoms with Crippen molar-refractivity contribution < 1.29 is 23.7 Å². The first kappa shape index (κ1) is 22.7. The molecule has 0 atom stereocenters. The van der Waals surface area contributed by atoms with Crippen LogP contribution in [0.1, 0.15) is 10.4 Å². The number of carbonyl (C=O) groups is 1. The molecular formula is C26H25N3O5. The van der Waals surface area contributed by atoms with Crippen LogP contribution in [0.4, 0.5) is 5.69 Å². The van der Waals surface area contributed by atoms with E-state index in [2.05, 4.69) is 5.32 Å². The van der Waals surface area contributed by atoms with Crippen LogP contribution in [0.2, 0.25) is 0 Å². The van der Waals surface area contributed by atoms with Crippen molar-refractivity contribution in [1.82, 2.24) is 9.78 Å². The fourth-order valence-corrected chi connectivity index (χ4v) is 3.56. The third-order valence-corrected chi connectivity index (χ3v) is 5.28. The molecule has 0 bridgehead atoms. The zero-order valence-electron chi connectivity index (χ0n) is 19.4. The second kappa shape index (κ2) is 9.99. The summed E-state index contributed by atoms with van der Waals surface area (Å²) in [4.78, 5) is 13.4. The lowest BCUT2D eigenvalue weighted by molar-refractivity contribution is 0.102. The van der Waals surface area contributed by atoms with E-state index in [1.807, 2.05) is 36.4 Å². The second-order valence-corrected chi connectivity index (χ2v) is 7.27. The maximum atomic E-state index is 13.4. The van der Waals surface area contributed by atoms with Crippen LogP contribution < -0.4 is 24.3 Å². The highest BCUT2D eigenvalue weighted by Gasteiger charge is 2.21. The smallest absolute Gasteiger partial charge is 0.259 e. The van der Waals surface area contributed by atoms with Gasteiger partial charge in [-0.2, -0.15) is 5.10 Å². The summed E-state index contributed by atoms with van der Waals surface area (Å²) in [6.45, 7) is 0. The maximum absolute atomic E-state index is 13.4. The maximum Gasteiger partial charge on any atom is 0.259 e. The summed E-state index contributed by atoms with van der Waals surface area (Å²) in [5, 5.41) is 7.65. The van der Waals surface area contributed by atoms with Crippen molar-refractivity contribution >= 4 is 11.6 Å². The minimum absolute atomic E-state index is 0.320. The summed E-state index contributed by atoms with van der Waals surface area (Å²) in [7, 11) is 6.24. The molecule has 8 heteroatoms. The molecule has 4 aromatic rings. The SMILES string of the molecule is COc1ccc(NC(=O)c2cn(-c3ccccc3)nc2-c2ccc(OC)c(OC)c2)cc1OC. The molecule has 1 aromatic heterocycles. The topological polar surface area (TPSA) is 83.8 Å². The van der Waals surface area contributed by atoms with Gasteiger partial charge in [0.05, 0.1) is 39.7 Å². The van der Waals surface area contributed by atoms with E-state index >= 15 is 0 Å². The first-order valence-corrected chi connectivity index (χ1v) is 10.5. The van der Waals surface area contributed by atoms with Gasteiger partial charge in [-0.15, -0.1) is 0 Å². The number of nitrogens with one attached hydrogen (secondary N) is 1. The Bertz CT molecular complexity index is 1300. The first-order valence-electron chi connectivity index (χ1n) is 10.5. The lowest BCUT2D eigenvalue weighted by Crippen LogP contribution is -2.12. The average molecular weight is 460 g/mol. The number of hydrogen-bond donors (Lipinski definition) is 1. The predicted molar refractivity (Wildman–Crippen MR) is 130 cm³/mol. The van der Waals surface area contributed by atoms with Crippen molar-refractivity contribution in [2.24, 2.45) is 0 Å². The Morgan fingerprint density at radius 2 is 1.38 bits per heavy atom. The molecule has 0 unspecified atom stereocenters. The van der Waals surface area contributed by atoms with Gasteiger partial charge in [0.2, 0.25) is 0 Å². The van der Waals surface area contributed by atoms with Crippen molar-refractivity contribution in [3.63, 3.8) is 0 Å². The van der Waals surface area contributed by atoms with E-state index < -0.39 is 0 Å². The standard InChI is InChI=1S/C26H25N3O5/c1-31-21-12-10-17(14-23(21)33-3)25-20(16-29(28-25)19-8-6-5-7-9-19)26(30)27-18-11-13-22(32-2)24(15-18)34-4/h5-16H,1-4H3,(H,27,30). The van der Waals surface area contributed by atoms with Crippen LogP contribution >= 0.6 is 0 Å². The Hall–Kier alpha value is -4.46. The van der Waals surface area contributed by atoms with Crippen LogP contribution in [0.15, 0.2) is 72.9 Å². The number of nitrogens with zero attached hydrogens (tertiary/aromatic N) is 2. The van der Waals surface area contributed by atoms with Gasteiger partial charge in [-0.3, -0.25) is 4.79 Å². The van der Waals surface area contributed by atoms with E-state index in [0.29, 0.717) is 45.5 Å². The van der Waals surface area contributed by atoms with Crippen molar-refractivity contribution in [2.45, 2.75) is 0 Å². The van der Waals surface area contributed by atoms with E-state index in [0.717, 1.165) is 5.69 Å². The molecule has 0 saturated heterocycles. The van der Waals surface area contributed by atoms with Gasteiger partial charge in [0.25, 0.3) is 5.91 Å². The average Bonchev–Trinajstić information content (AvgIpc) is 3.34. The molecule has 1 amide bonds. The molecule has 1 heterocycles. The highest BCUT2D eigenvalue weighted by Crippen LogP contribution is 2.34. The largest absolute Gasteiger partial charge is 0.493 e.